The summed E-state index contributed by atoms with van der Waals surface area (Å²) in [4.78, 5) is 0. The fraction of sp³-hybridized carbons (Fsp3) is 0.467. The Kier molecular flexibility index (Phi) is 2.69. The van der Waals surface area contributed by atoms with E-state index in [2.05, 4.69) is 17.7 Å². The molecule has 88 valence electrons. The lowest BCUT2D eigenvalue weighted by Crippen LogP contribution is -2.34. The first-order valence-electron chi connectivity index (χ1n) is 6.15. The number of terminal acetylenes is 1. The molecule has 0 aromatic heterocycles. The van der Waals surface area contributed by atoms with Gasteiger partial charge in [-0.25, -0.2) is 0 Å². The molecule has 2 atom stereocenters. The SMILES string of the molecule is C#Cc1ccc(C2(O)CC3CCC(C2)S3)cc1. The zero-order valence-corrected chi connectivity index (χ0v) is 10.5. The summed E-state index contributed by atoms with van der Waals surface area (Å²) in [6.45, 7) is 0. The quantitative estimate of drug-likeness (QED) is 0.767. The summed E-state index contributed by atoms with van der Waals surface area (Å²) < 4.78 is 0. The first-order chi connectivity index (χ1) is 8.19. The highest BCUT2D eigenvalue weighted by Gasteiger charge is 2.44. The smallest absolute Gasteiger partial charge is 0.0917 e. The summed E-state index contributed by atoms with van der Waals surface area (Å²) in [6, 6.07) is 7.84. The number of aliphatic hydroxyl groups is 1. The van der Waals surface area contributed by atoms with E-state index in [1.165, 1.54) is 12.8 Å². The number of thioether (sulfide) groups is 1. The predicted molar refractivity (Wildman–Crippen MR) is 71.9 cm³/mol. The fourth-order valence-electron chi connectivity index (χ4n) is 3.03. The Labute approximate surface area is 107 Å². The molecule has 2 saturated heterocycles. The minimum Gasteiger partial charge on any atom is -0.385 e. The van der Waals surface area contributed by atoms with Crippen LogP contribution in [-0.2, 0) is 5.60 Å². The van der Waals surface area contributed by atoms with E-state index in [1.54, 1.807) is 0 Å². The van der Waals surface area contributed by atoms with Gasteiger partial charge in [-0.2, -0.15) is 11.8 Å². The molecule has 2 heterocycles. The van der Waals surface area contributed by atoms with E-state index in [-0.39, 0.29) is 0 Å². The van der Waals surface area contributed by atoms with Gasteiger partial charge >= 0.3 is 0 Å². The van der Waals surface area contributed by atoms with Crippen LogP contribution in [0.25, 0.3) is 0 Å². The lowest BCUT2D eigenvalue weighted by molar-refractivity contribution is 0.0196. The molecule has 0 aliphatic carbocycles. The second-order valence-corrected chi connectivity index (χ2v) is 6.72. The van der Waals surface area contributed by atoms with Crippen molar-refractivity contribution in [1.82, 2.24) is 0 Å². The number of hydrogen-bond acceptors (Lipinski definition) is 2. The predicted octanol–water partition coefficient (Wildman–Crippen LogP) is 2.91. The van der Waals surface area contributed by atoms with Gasteiger partial charge in [-0.05, 0) is 43.4 Å². The second-order valence-electron chi connectivity index (χ2n) is 5.12. The van der Waals surface area contributed by atoms with Gasteiger partial charge in [0.05, 0.1) is 5.60 Å². The van der Waals surface area contributed by atoms with Gasteiger partial charge in [0.2, 0.25) is 0 Å². The summed E-state index contributed by atoms with van der Waals surface area (Å²) in [5.41, 5.74) is 1.30. The van der Waals surface area contributed by atoms with Crippen LogP contribution in [-0.4, -0.2) is 15.6 Å². The van der Waals surface area contributed by atoms with Crippen molar-refractivity contribution in [3.05, 3.63) is 35.4 Å². The van der Waals surface area contributed by atoms with Crippen LogP contribution in [0, 0.1) is 12.3 Å². The van der Waals surface area contributed by atoms with Gasteiger partial charge in [0, 0.05) is 16.1 Å². The summed E-state index contributed by atoms with van der Waals surface area (Å²) in [6.07, 6.45) is 9.66. The van der Waals surface area contributed by atoms with Gasteiger partial charge < -0.3 is 5.11 Å². The third-order valence-electron chi connectivity index (χ3n) is 3.92. The Hall–Kier alpha value is -0.910. The Morgan fingerprint density at radius 2 is 1.76 bits per heavy atom. The molecular weight excluding hydrogens is 228 g/mol. The van der Waals surface area contributed by atoms with E-state index < -0.39 is 5.60 Å². The molecule has 17 heavy (non-hydrogen) atoms. The molecule has 1 nitrogen and oxygen atoms in total. The van der Waals surface area contributed by atoms with Gasteiger partial charge in [0.25, 0.3) is 0 Å². The Morgan fingerprint density at radius 1 is 1.18 bits per heavy atom. The maximum absolute atomic E-state index is 10.8. The Bertz CT molecular complexity index is 445. The standard InChI is InChI=1S/C15H16OS/c1-2-11-3-5-12(6-4-11)15(16)9-13-7-8-14(10-15)17-13/h1,3-6,13-14,16H,7-10H2. The van der Waals surface area contributed by atoms with E-state index >= 15 is 0 Å². The van der Waals surface area contributed by atoms with Crippen molar-refractivity contribution < 1.29 is 5.11 Å². The van der Waals surface area contributed by atoms with Crippen LogP contribution in [0.2, 0.25) is 0 Å². The molecule has 3 rings (SSSR count). The van der Waals surface area contributed by atoms with Crippen molar-refractivity contribution in [2.24, 2.45) is 0 Å². The van der Waals surface area contributed by atoms with Gasteiger partial charge in [-0.15, -0.1) is 6.42 Å². The van der Waals surface area contributed by atoms with Gasteiger partial charge in [-0.1, -0.05) is 18.1 Å². The van der Waals surface area contributed by atoms with E-state index in [0.29, 0.717) is 10.5 Å². The first-order valence-corrected chi connectivity index (χ1v) is 7.09. The summed E-state index contributed by atoms with van der Waals surface area (Å²) in [5, 5.41) is 12.1. The normalized spacial score (nSPS) is 35.5. The molecule has 2 aliphatic rings. The lowest BCUT2D eigenvalue weighted by atomic mass is 9.85. The lowest BCUT2D eigenvalue weighted by Gasteiger charge is -2.36. The largest absolute Gasteiger partial charge is 0.385 e. The topological polar surface area (TPSA) is 20.2 Å². The van der Waals surface area contributed by atoms with Crippen LogP contribution >= 0.6 is 11.8 Å². The molecule has 1 aromatic rings. The van der Waals surface area contributed by atoms with E-state index in [9.17, 15) is 5.11 Å². The average Bonchev–Trinajstić information content (AvgIpc) is 2.69. The van der Waals surface area contributed by atoms with E-state index in [4.69, 9.17) is 6.42 Å². The highest BCUT2D eigenvalue weighted by Crippen LogP contribution is 2.51. The van der Waals surface area contributed by atoms with Crippen LogP contribution in [0.1, 0.15) is 36.8 Å². The molecule has 2 aliphatic heterocycles. The highest BCUT2D eigenvalue weighted by atomic mass is 32.2. The van der Waals surface area contributed by atoms with Crippen molar-refractivity contribution in [1.29, 1.82) is 0 Å². The summed E-state index contributed by atoms with van der Waals surface area (Å²) in [7, 11) is 0. The summed E-state index contributed by atoms with van der Waals surface area (Å²) >= 11 is 2.06. The van der Waals surface area contributed by atoms with Crippen molar-refractivity contribution in [2.75, 3.05) is 0 Å². The van der Waals surface area contributed by atoms with Gasteiger partial charge in [0.1, 0.15) is 0 Å². The minimum atomic E-state index is -0.621. The fourth-order valence-corrected chi connectivity index (χ4v) is 4.86. The van der Waals surface area contributed by atoms with Crippen LogP contribution in [0.3, 0.4) is 0 Å². The molecule has 2 fully saturated rings. The number of fused-ring (bicyclic) bond motifs is 2. The zero-order valence-electron chi connectivity index (χ0n) is 9.73. The molecule has 0 spiro atoms. The Balaban J connectivity index is 1.89. The molecule has 0 radical (unpaired) electrons. The zero-order chi connectivity index (χ0) is 11.9. The van der Waals surface area contributed by atoms with Crippen LogP contribution in [0.5, 0.6) is 0 Å². The number of hydrogen-bond donors (Lipinski definition) is 1. The average molecular weight is 244 g/mol. The van der Waals surface area contributed by atoms with Crippen molar-refractivity contribution in [3.63, 3.8) is 0 Å². The van der Waals surface area contributed by atoms with Crippen LogP contribution < -0.4 is 0 Å². The van der Waals surface area contributed by atoms with Crippen molar-refractivity contribution >= 4 is 11.8 Å². The monoisotopic (exact) mass is 244 g/mol. The molecule has 0 amide bonds. The van der Waals surface area contributed by atoms with Crippen molar-refractivity contribution in [3.8, 4) is 12.3 Å². The molecular formula is C15H16OS. The summed E-state index contributed by atoms with van der Waals surface area (Å²) in [5.74, 6) is 2.61. The minimum absolute atomic E-state index is 0.621. The molecule has 1 N–H and O–H groups in total. The molecule has 1 aromatic carbocycles. The number of benzene rings is 1. The molecule has 2 unspecified atom stereocenters. The van der Waals surface area contributed by atoms with Gasteiger partial charge in [-0.3, -0.25) is 0 Å². The van der Waals surface area contributed by atoms with E-state index in [1.807, 2.05) is 24.3 Å². The third kappa shape index (κ3) is 1.99. The van der Waals surface area contributed by atoms with Crippen LogP contribution in [0.4, 0.5) is 0 Å². The first kappa shape index (κ1) is 11.2. The van der Waals surface area contributed by atoms with Gasteiger partial charge in [0.15, 0.2) is 0 Å². The molecule has 2 heteroatoms. The Morgan fingerprint density at radius 3 is 2.29 bits per heavy atom. The van der Waals surface area contributed by atoms with Crippen LogP contribution in [0.15, 0.2) is 24.3 Å². The van der Waals surface area contributed by atoms with E-state index in [0.717, 1.165) is 24.0 Å². The van der Waals surface area contributed by atoms with Crippen molar-refractivity contribution in [2.45, 2.75) is 41.8 Å². The second kappa shape index (κ2) is 4.08. The third-order valence-corrected chi connectivity index (χ3v) is 5.49. The highest BCUT2D eigenvalue weighted by molar-refractivity contribution is 8.00. The maximum atomic E-state index is 10.8. The molecule has 0 saturated carbocycles. The molecule has 2 bridgehead atoms. The number of rotatable bonds is 1. The maximum Gasteiger partial charge on any atom is 0.0917 e.